The number of benzene rings is 1. The molecule has 0 aliphatic carbocycles. The molecule has 1 atom stereocenters. The maximum atomic E-state index is 9.61. The number of thioether (sulfide) groups is 1. The van der Waals surface area contributed by atoms with Crippen LogP contribution in [0, 0.1) is 0 Å². The second-order valence-electron chi connectivity index (χ2n) is 4.08. The lowest BCUT2D eigenvalue weighted by Crippen LogP contribution is -2.26. The summed E-state index contributed by atoms with van der Waals surface area (Å²) in [4.78, 5) is 0. The highest BCUT2D eigenvalue weighted by atomic mass is 32.2. The zero-order chi connectivity index (χ0) is 12.7. The van der Waals surface area contributed by atoms with E-state index >= 15 is 0 Å². The first-order valence-corrected chi connectivity index (χ1v) is 7.11. The van der Waals surface area contributed by atoms with E-state index in [4.69, 9.17) is 0 Å². The Kier molecular flexibility index (Phi) is 6.22. The van der Waals surface area contributed by atoms with Crippen LogP contribution in [0.25, 0.3) is 0 Å². The summed E-state index contributed by atoms with van der Waals surface area (Å²) in [6, 6.07) is 5.14. The van der Waals surface area contributed by atoms with Gasteiger partial charge < -0.3 is 15.5 Å². The van der Waals surface area contributed by atoms with Gasteiger partial charge in [-0.3, -0.25) is 0 Å². The Hall–Kier alpha value is -0.870. The highest BCUT2D eigenvalue weighted by Gasteiger charge is 2.05. The van der Waals surface area contributed by atoms with Crippen molar-refractivity contribution in [2.75, 3.05) is 11.5 Å². The lowest BCUT2D eigenvalue weighted by atomic mass is 10.1. The molecule has 1 rings (SSSR count). The molecule has 1 unspecified atom stereocenters. The molecule has 96 valence electrons. The molecule has 0 saturated carbocycles. The molecule has 1 aromatic rings. The van der Waals surface area contributed by atoms with E-state index in [-0.39, 0.29) is 11.5 Å². The molecule has 0 aliphatic rings. The Bertz CT molecular complexity index is 344. The number of rotatable bonds is 7. The summed E-state index contributed by atoms with van der Waals surface area (Å²) in [5.74, 6) is 2.56. The molecular weight excluding hydrogens is 234 g/mol. The molecule has 0 aliphatic heterocycles. The Labute approximate surface area is 107 Å². The van der Waals surface area contributed by atoms with E-state index in [0.717, 1.165) is 23.5 Å². The van der Waals surface area contributed by atoms with E-state index in [2.05, 4.69) is 19.2 Å². The minimum absolute atomic E-state index is 0.0960. The molecule has 17 heavy (non-hydrogen) atoms. The molecule has 3 N–H and O–H groups in total. The number of hydrogen-bond donors (Lipinski definition) is 3. The maximum Gasteiger partial charge on any atom is 0.123 e. The zero-order valence-electron chi connectivity index (χ0n) is 10.4. The van der Waals surface area contributed by atoms with E-state index in [1.54, 1.807) is 12.1 Å². The maximum absolute atomic E-state index is 9.61. The third kappa shape index (κ3) is 5.33. The van der Waals surface area contributed by atoms with Gasteiger partial charge in [-0.2, -0.15) is 11.8 Å². The van der Waals surface area contributed by atoms with Crippen LogP contribution >= 0.6 is 11.8 Å². The van der Waals surface area contributed by atoms with Gasteiger partial charge in [-0.25, -0.2) is 0 Å². The molecule has 0 radical (unpaired) electrons. The van der Waals surface area contributed by atoms with E-state index in [0.29, 0.717) is 12.6 Å². The summed E-state index contributed by atoms with van der Waals surface area (Å²) in [6.45, 7) is 4.94. The third-order valence-electron chi connectivity index (χ3n) is 2.61. The van der Waals surface area contributed by atoms with E-state index in [9.17, 15) is 10.2 Å². The number of aromatic hydroxyl groups is 2. The van der Waals surface area contributed by atoms with Crippen molar-refractivity contribution in [3.8, 4) is 11.5 Å². The fourth-order valence-electron chi connectivity index (χ4n) is 1.49. The van der Waals surface area contributed by atoms with Gasteiger partial charge in [0, 0.05) is 24.2 Å². The highest BCUT2D eigenvalue weighted by molar-refractivity contribution is 7.99. The third-order valence-corrected chi connectivity index (χ3v) is 3.54. The van der Waals surface area contributed by atoms with Gasteiger partial charge >= 0.3 is 0 Å². The predicted molar refractivity (Wildman–Crippen MR) is 73.7 cm³/mol. The lowest BCUT2D eigenvalue weighted by molar-refractivity contribution is 0.440. The fourth-order valence-corrected chi connectivity index (χ4v) is 2.30. The predicted octanol–water partition coefficient (Wildman–Crippen LogP) is 2.72. The minimum atomic E-state index is 0.0960. The van der Waals surface area contributed by atoms with Gasteiger partial charge in [-0.05, 0) is 30.9 Å². The van der Waals surface area contributed by atoms with Crippen molar-refractivity contribution in [2.24, 2.45) is 0 Å². The Balaban J connectivity index is 2.34. The van der Waals surface area contributed by atoms with Gasteiger partial charge in [0.1, 0.15) is 11.5 Å². The van der Waals surface area contributed by atoms with Crippen molar-refractivity contribution >= 4 is 11.8 Å². The number of nitrogens with one attached hydrogen (secondary N) is 1. The molecule has 0 bridgehead atoms. The average molecular weight is 255 g/mol. The summed E-state index contributed by atoms with van der Waals surface area (Å²) in [7, 11) is 0. The van der Waals surface area contributed by atoms with Crippen LogP contribution in [-0.2, 0) is 6.54 Å². The molecule has 0 amide bonds. The summed E-state index contributed by atoms with van der Waals surface area (Å²) in [5, 5.41) is 22.2. The molecule has 0 fully saturated rings. The van der Waals surface area contributed by atoms with Crippen LogP contribution in [0.2, 0.25) is 0 Å². The summed E-state index contributed by atoms with van der Waals surface area (Å²) in [6.07, 6.45) is 1.12. The average Bonchev–Trinajstić information content (AvgIpc) is 2.28. The van der Waals surface area contributed by atoms with Crippen molar-refractivity contribution < 1.29 is 10.2 Å². The Morgan fingerprint density at radius 1 is 1.35 bits per heavy atom. The Morgan fingerprint density at radius 2 is 2.12 bits per heavy atom. The van der Waals surface area contributed by atoms with E-state index < -0.39 is 0 Å². The second kappa shape index (κ2) is 7.45. The fraction of sp³-hybridized carbons (Fsp3) is 0.538. The number of phenolic OH excluding ortho intramolecular Hbond substituents is 2. The summed E-state index contributed by atoms with van der Waals surface area (Å²) >= 11 is 1.94. The SMILES string of the molecule is CCSCCC(C)NCc1ccc(O)cc1O. The monoisotopic (exact) mass is 255 g/mol. The van der Waals surface area contributed by atoms with Crippen LogP contribution in [0.15, 0.2) is 18.2 Å². The van der Waals surface area contributed by atoms with Gasteiger partial charge in [0.05, 0.1) is 0 Å². The number of phenols is 2. The van der Waals surface area contributed by atoms with Gasteiger partial charge in [-0.15, -0.1) is 0 Å². The van der Waals surface area contributed by atoms with Crippen molar-refractivity contribution in [3.05, 3.63) is 23.8 Å². The zero-order valence-corrected chi connectivity index (χ0v) is 11.3. The normalized spacial score (nSPS) is 12.6. The van der Waals surface area contributed by atoms with Crippen LogP contribution < -0.4 is 5.32 Å². The van der Waals surface area contributed by atoms with Crippen molar-refractivity contribution in [1.29, 1.82) is 0 Å². The molecule has 4 heteroatoms. The topological polar surface area (TPSA) is 52.5 Å². The molecule has 0 spiro atoms. The van der Waals surface area contributed by atoms with Gasteiger partial charge in [0.2, 0.25) is 0 Å². The summed E-state index contributed by atoms with van der Waals surface area (Å²) in [5.41, 5.74) is 0.817. The molecule has 0 aromatic heterocycles. The lowest BCUT2D eigenvalue weighted by Gasteiger charge is -2.14. The first kappa shape index (κ1) is 14.2. The van der Waals surface area contributed by atoms with Crippen LogP contribution in [0.1, 0.15) is 25.8 Å². The smallest absolute Gasteiger partial charge is 0.123 e. The minimum Gasteiger partial charge on any atom is -0.508 e. The standard InChI is InChI=1S/C13H21NO2S/c1-3-17-7-6-10(2)14-9-11-4-5-12(15)8-13(11)16/h4-5,8,10,14-16H,3,6-7,9H2,1-2H3. The van der Waals surface area contributed by atoms with Crippen molar-refractivity contribution in [1.82, 2.24) is 5.32 Å². The largest absolute Gasteiger partial charge is 0.508 e. The Morgan fingerprint density at radius 3 is 2.76 bits per heavy atom. The first-order chi connectivity index (χ1) is 8.13. The van der Waals surface area contributed by atoms with Crippen molar-refractivity contribution in [3.63, 3.8) is 0 Å². The molecular formula is C13H21NO2S. The first-order valence-electron chi connectivity index (χ1n) is 5.95. The molecule has 0 saturated heterocycles. The van der Waals surface area contributed by atoms with E-state index in [1.807, 2.05) is 11.8 Å². The summed E-state index contributed by atoms with van der Waals surface area (Å²) < 4.78 is 0. The van der Waals surface area contributed by atoms with Gasteiger partial charge in [0.15, 0.2) is 0 Å². The highest BCUT2D eigenvalue weighted by Crippen LogP contribution is 2.22. The van der Waals surface area contributed by atoms with Crippen LogP contribution in [0.4, 0.5) is 0 Å². The quantitative estimate of drug-likeness (QED) is 0.656. The van der Waals surface area contributed by atoms with Crippen molar-refractivity contribution in [2.45, 2.75) is 32.9 Å². The number of hydrogen-bond acceptors (Lipinski definition) is 4. The molecule has 3 nitrogen and oxygen atoms in total. The van der Waals surface area contributed by atoms with Crippen LogP contribution in [0.5, 0.6) is 11.5 Å². The van der Waals surface area contributed by atoms with Crippen LogP contribution in [0.3, 0.4) is 0 Å². The van der Waals surface area contributed by atoms with Gasteiger partial charge in [0.25, 0.3) is 0 Å². The van der Waals surface area contributed by atoms with Gasteiger partial charge in [-0.1, -0.05) is 13.0 Å². The van der Waals surface area contributed by atoms with E-state index in [1.165, 1.54) is 6.07 Å². The van der Waals surface area contributed by atoms with Crippen LogP contribution in [-0.4, -0.2) is 27.8 Å². The molecule has 0 heterocycles. The second-order valence-corrected chi connectivity index (χ2v) is 5.47. The molecule has 1 aromatic carbocycles.